The number of aryl methyl sites for hydroxylation is 1. The van der Waals surface area contributed by atoms with Crippen molar-refractivity contribution in [2.24, 2.45) is 0 Å². The van der Waals surface area contributed by atoms with E-state index in [4.69, 9.17) is 0 Å². The summed E-state index contributed by atoms with van der Waals surface area (Å²) in [4.78, 5) is 28.6. The minimum Gasteiger partial charge on any atom is -0.352 e. The summed E-state index contributed by atoms with van der Waals surface area (Å²) in [7, 11) is 0. The van der Waals surface area contributed by atoms with Gasteiger partial charge in [-0.1, -0.05) is 0 Å². The van der Waals surface area contributed by atoms with E-state index in [0.29, 0.717) is 31.9 Å². The van der Waals surface area contributed by atoms with Gasteiger partial charge in [0.2, 0.25) is 0 Å². The standard InChI is InChI=1S/C17H18N8O/c1-13-19-6-7-25(13)16-3-2-15(21-22-16)23-8-10-24(11-9-23)17(26)14-12-18-4-5-20-14/h2-7,12H,8-11H2,1H3. The lowest BCUT2D eigenvalue weighted by Gasteiger charge is -2.34. The second-order valence-corrected chi connectivity index (χ2v) is 5.96. The molecular formula is C17H18N8O. The summed E-state index contributed by atoms with van der Waals surface area (Å²) in [5, 5.41) is 8.62. The smallest absolute Gasteiger partial charge is 0.274 e. The highest BCUT2D eigenvalue weighted by atomic mass is 16.2. The Bertz CT molecular complexity index is 885. The Morgan fingerprint density at radius 3 is 2.35 bits per heavy atom. The lowest BCUT2D eigenvalue weighted by molar-refractivity contribution is 0.0740. The Labute approximate surface area is 150 Å². The fraction of sp³-hybridized carbons (Fsp3) is 0.294. The number of hydrogen-bond donors (Lipinski definition) is 0. The van der Waals surface area contributed by atoms with E-state index in [2.05, 4.69) is 30.0 Å². The van der Waals surface area contributed by atoms with Gasteiger partial charge < -0.3 is 9.80 Å². The highest BCUT2D eigenvalue weighted by molar-refractivity contribution is 5.92. The molecule has 0 atom stereocenters. The maximum Gasteiger partial charge on any atom is 0.274 e. The molecule has 0 bridgehead atoms. The summed E-state index contributed by atoms with van der Waals surface area (Å²) in [6, 6.07) is 3.87. The molecule has 0 saturated carbocycles. The van der Waals surface area contributed by atoms with Gasteiger partial charge in [0.1, 0.15) is 11.5 Å². The van der Waals surface area contributed by atoms with E-state index in [-0.39, 0.29) is 5.91 Å². The van der Waals surface area contributed by atoms with Crippen LogP contribution < -0.4 is 4.90 Å². The largest absolute Gasteiger partial charge is 0.352 e. The lowest BCUT2D eigenvalue weighted by atomic mass is 10.2. The van der Waals surface area contributed by atoms with Crippen LogP contribution in [0.5, 0.6) is 0 Å². The van der Waals surface area contributed by atoms with E-state index in [1.165, 1.54) is 12.4 Å². The molecule has 132 valence electrons. The molecule has 0 N–H and O–H groups in total. The van der Waals surface area contributed by atoms with Crippen LogP contribution >= 0.6 is 0 Å². The van der Waals surface area contributed by atoms with E-state index in [9.17, 15) is 4.79 Å². The molecule has 4 rings (SSSR count). The molecule has 3 aromatic heterocycles. The fourth-order valence-electron chi connectivity index (χ4n) is 2.95. The van der Waals surface area contributed by atoms with Crippen molar-refractivity contribution in [1.82, 2.24) is 34.6 Å². The Morgan fingerprint density at radius 2 is 1.73 bits per heavy atom. The summed E-state index contributed by atoms with van der Waals surface area (Å²) in [5.74, 6) is 2.32. The van der Waals surface area contributed by atoms with Crippen LogP contribution in [0.25, 0.3) is 5.82 Å². The molecule has 0 spiro atoms. The van der Waals surface area contributed by atoms with Gasteiger partial charge in [-0.2, -0.15) is 0 Å². The molecule has 1 fully saturated rings. The van der Waals surface area contributed by atoms with Crippen LogP contribution in [0.4, 0.5) is 5.82 Å². The van der Waals surface area contributed by atoms with Crippen LogP contribution in [0.15, 0.2) is 43.1 Å². The number of carbonyl (C=O) groups is 1. The van der Waals surface area contributed by atoms with Crippen molar-refractivity contribution in [1.29, 1.82) is 0 Å². The van der Waals surface area contributed by atoms with Crippen LogP contribution in [0.2, 0.25) is 0 Å². The third-order valence-electron chi connectivity index (χ3n) is 4.38. The first kappa shape index (κ1) is 16.1. The minimum atomic E-state index is -0.0882. The van der Waals surface area contributed by atoms with E-state index in [0.717, 1.165) is 17.5 Å². The zero-order chi connectivity index (χ0) is 17.9. The first-order valence-electron chi connectivity index (χ1n) is 8.36. The van der Waals surface area contributed by atoms with Crippen LogP contribution in [-0.4, -0.2) is 66.7 Å². The highest BCUT2D eigenvalue weighted by Crippen LogP contribution is 2.15. The second-order valence-electron chi connectivity index (χ2n) is 5.96. The summed E-state index contributed by atoms with van der Waals surface area (Å²) >= 11 is 0. The van der Waals surface area contributed by atoms with Gasteiger partial charge in [-0.25, -0.2) is 9.97 Å². The third kappa shape index (κ3) is 3.10. The van der Waals surface area contributed by atoms with Gasteiger partial charge in [0.25, 0.3) is 5.91 Å². The Hall–Kier alpha value is -3.36. The summed E-state index contributed by atoms with van der Waals surface area (Å²) in [6.45, 7) is 4.54. The molecule has 0 aromatic carbocycles. The lowest BCUT2D eigenvalue weighted by Crippen LogP contribution is -2.49. The molecular weight excluding hydrogens is 332 g/mol. The first-order valence-corrected chi connectivity index (χ1v) is 8.36. The molecule has 26 heavy (non-hydrogen) atoms. The molecule has 0 aliphatic carbocycles. The van der Waals surface area contributed by atoms with Gasteiger partial charge in [0, 0.05) is 51.0 Å². The van der Waals surface area contributed by atoms with Crippen molar-refractivity contribution in [3.63, 3.8) is 0 Å². The summed E-state index contributed by atoms with van der Waals surface area (Å²) in [5.41, 5.74) is 0.376. The van der Waals surface area contributed by atoms with Crippen molar-refractivity contribution in [2.75, 3.05) is 31.1 Å². The Morgan fingerprint density at radius 1 is 0.962 bits per heavy atom. The quantitative estimate of drug-likeness (QED) is 0.687. The van der Waals surface area contributed by atoms with Gasteiger partial charge in [-0.3, -0.25) is 14.3 Å². The highest BCUT2D eigenvalue weighted by Gasteiger charge is 2.23. The molecule has 4 heterocycles. The molecule has 1 aliphatic rings. The molecule has 1 amide bonds. The maximum atomic E-state index is 12.4. The number of amides is 1. The van der Waals surface area contributed by atoms with Gasteiger partial charge in [0.15, 0.2) is 11.6 Å². The first-order chi connectivity index (χ1) is 12.7. The second kappa shape index (κ2) is 6.87. The number of nitrogens with zero attached hydrogens (tertiary/aromatic N) is 8. The van der Waals surface area contributed by atoms with Crippen molar-refractivity contribution in [3.05, 3.63) is 54.6 Å². The number of aromatic nitrogens is 6. The van der Waals surface area contributed by atoms with Crippen molar-refractivity contribution < 1.29 is 4.79 Å². The Balaban J connectivity index is 1.40. The monoisotopic (exact) mass is 350 g/mol. The molecule has 1 aliphatic heterocycles. The van der Waals surface area contributed by atoms with E-state index >= 15 is 0 Å². The number of imidazole rings is 1. The molecule has 3 aromatic rings. The number of rotatable bonds is 3. The summed E-state index contributed by atoms with van der Waals surface area (Å²) < 4.78 is 1.88. The zero-order valence-corrected chi connectivity index (χ0v) is 14.4. The summed E-state index contributed by atoms with van der Waals surface area (Å²) in [6.07, 6.45) is 8.18. The van der Waals surface area contributed by atoms with Gasteiger partial charge in [0.05, 0.1) is 6.20 Å². The van der Waals surface area contributed by atoms with Crippen LogP contribution in [0.3, 0.4) is 0 Å². The molecule has 0 unspecified atom stereocenters. The van der Waals surface area contributed by atoms with E-state index in [1.54, 1.807) is 17.3 Å². The predicted octanol–water partition coefficient (Wildman–Crippen LogP) is 0.723. The number of anilines is 1. The van der Waals surface area contributed by atoms with Crippen LogP contribution in [0.1, 0.15) is 16.3 Å². The zero-order valence-electron chi connectivity index (χ0n) is 14.4. The number of carbonyl (C=O) groups excluding carboxylic acids is 1. The van der Waals surface area contributed by atoms with Crippen LogP contribution in [0, 0.1) is 6.92 Å². The van der Waals surface area contributed by atoms with Gasteiger partial charge in [-0.05, 0) is 19.1 Å². The molecule has 9 heteroatoms. The maximum absolute atomic E-state index is 12.4. The van der Waals surface area contributed by atoms with E-state index in [1.807, 2.05) is 29.8 Å². The molecule has 0 radical (unpaired) electrons. The molecule has 1 saturated heterocycles. The Kier molecular flexibility index (Phi) is 4.26. The fourth-order valence-corrected chi connectivity index (χ4v) is 2.95. The van der Waals surface area contributed by atoms with Gasteiger partial charge >= 0.3 is 0 Å². The van der Waals surface area contributed by atoms with Crippen molar-refractivity contribution >= 4 is 11.7 Å². The number of hydrogen-bond acceptors (Lipinski definition) is 7. The van der Waals surface area contributed by atoms with Gasteiger partial charge in [-0.15, -0.1) is 10.2 Å². The predicted molar refractivity (Wildman–Crippen MR) is 94.0 cm³/mol. The van der Waals surface area contributed by atoms with Crippen molar-refractivity contribution in [2.45, 2.75) is 6.92 Å². The molecule has 9 nitrogen and oxygen atoms in total. The SMILES string of the molecule is Cc1nccn1-c1ccc(N2CCN(C(=O)c3cnccn3)CC2)nn1. The average Bonchev–Trinajstić information content (AvgIpc) is 3.14. The average molecular weight is 350 g/mol. The van der Waals surface area contributed by atoms with E-state index < -0.39 is 0 Å². The minimum absolute atomic E-state index is 0.0882. The topological polar surface area (TPSA) is 92.9 Å². The van der Waals surface area contributed by atoms with Crippen molar-refractivity contribution in [3.8, 4) is 5.82 Å². The normalized spacial score (nSPS) is 14.5. The van der Waals surface area contributed by atoms with Crippen LogP contribution in [-0.2, 0) is 0 Å². The number of piperazine rings is 1. The third-order valence-corrected chi connectivity index (χ3v) is 4.38.